The van der Waals surface area contributed by atoms with Crippen LogP contribution in [0.2, 0.25) is 0 Å². The summed E-state index contributed by atoms with van der Waals surface area (Å²) in [5, 5.41) is 3.73. The molecule has 2 aromatic carbocycles. The Morgan fingerprint density at radius 3 is 2.30 bits per heavy atom. The number of hydrogen-bond acceptors (Lipinski definition) is 4. The third kappa shape index (κ3) is 3.39. The molecule has 1 aliphatic heterocycles. The zero-order valence-electron chi connectivity index (χ0n) is 16.7. The van der Waals surface area contributed by atoms with Crippen molar-refractivity contribution in [2.24, 2.45) is 0 Å². The highest BCUT2D eigenvalue weighted by molar-refractivity contribution is 6.21. The number of nitrogens with zero attached hydrogens (tertiary/aromatic N) is 1. The maximum atomic E-state index is 12.4. The standard InChI is InChI=1S/C23H21N3O4/c1-13-14(2)21(28)25-19-12-15(9-10-16(13)19)24-20(27)8-5-11-26-22(29)17-6-3-4-7-18(17)23(26)30/h3-4,6-7,9-10,12H,5,8,11H2,1-2H3,(H,24,27)(H,25,28). The number of aryl methyl sites for hydroxylation is 1. The molecule has 152 valence electrons. The van der Waals surface area contributed by atoms with Crippen molar-refractivity contribution in [3.63, 3.8) is 0 Å². The highest BCUT2D eigenvalue weighted by Gasteiger charge is 2.34. The van der Waals surface area contributed by atoms with Gasteiger partial charge >= 0.3 is 0 Å². The number of nitrogens with one attached hydrogen (secondary N) is 2. The predicted octanol–water partition coefficient (Wildman–Crippen LogP) is 3.16. The van der Waals surface area contributed by atoms with Gasteiger partial charge in [-0.05, 0) is 50.1 Å². The number of H-pyrrole nitrogens is 1. The van der Waals surface area contributed by atoms with Crippen LogP contribution in [0.5, 0.6) is 0 Å². The molecule has 0 radical (unpaired) electrons. The fourth-order valence-corrected chi connectivity index (χ4v) is 3.70. The summed E-state index contributed by atoms with van der Waals surface area (Å²) < 4.78 is 0. The van der Waals surface area contributed by atoms with Crippen molar-refractivity contribution in [3.8, 4) is 0 Å². The van der Waals surface area contributed by atoms with Gasteiger partial charge in [0.05, 0.1) is 16.6 Å². The molecule has 0 unspecified atom stereocenters. The summed E-state index contributed by atoms with van der Waals surface area (Å²) in [6.45, 7) is 3.85. The van der Waals surface area contributed by atoms with E-state index in [-0.39, 0.29) is 36.2 Å². The zero-order valence-corrected chi connectivity index (χ0v) is 16.7. The minimum Gasteiger partial charge on any atom is -0.326 e. The summed E-state index contributed by atoms with van der Waals surface area (Å²) in [5.41, 5.74) is 3.48. The van der Waals surface area contributed by atoms with Gasteiger partial charge in [-0.2, -0.15) is 0 Å². The van der Waals surface area contributed by atoms with Gasteiger partial charge in [0.1, 0.15) is 0 Å². The molecule has 0 bridgehead atoms. The van der Waals surface area contributed by atoms with Gasteiger partial charge in [-0.3, -0.25) is 24.1 Å². The highest BCUT2D eigenvalue weighted by Crippen LogP contribution is 2.23. The van der Waals surface area contributed by atoms with Crippen molar-refractivity contribution in [2.75, 3.05) is 11.9 Å². The van der Waals surface area contributed by atoms with Crippen molar-refractivity contribution in [3.05, 3.63) is 75.1 Å². The number of aromatic nitrogens is 1. The molecule has 0 saturated heterocycles. The van der Waals surface area contributed by atoms with Crippen LogP contribution in [0.3, 0.4) is 0 Å². The maximum Gasteiger partial charge on any atom is 0.261 e. The smallest absolute Gasteiger partial charge is 0.261 e. The minimum absolute atomic E-state index is 0.149. The number of aromatic amines is 1. The van der Waals surface area contributed by atoms with Crippen LogP contribution in [-0.4, -0.2) is 34.2 Å². The van der Waals surface area contributed by atoms with Crippen molar-refractivity contribution in [1.29, 1.82) is 0 Å². The molecule has 7 heteroatoms. The van der Waals surface area contributed by atoms with E-state index in [1.54, 1.807) is 43.3 Å². The average Bonchev–Trinajstić information content (AvgIpc) is 2.97. The molecular formula is C23H21N3O4. The second-order valence-electron chi connectivity index (χ2n) is 7.42. The first kappa shape index (κ1) is 19.6. The number of rotatable bonds is 5. The molecular weight excluding hydrogens is 382 g/mol. The molecule has 30 heavy (non-hydrogen) atoms. The number of amides is 3. The van der Waals surface area contributed by atoms with E-state index in [1.807, 2.05) is 13.0 Å². The Morgan fingerprint density at radius 1 is 0.967 bits per heavy atom. The second kappa shape index (κ2) is 7.59. The zero-order chi connectivity index (χ0) is 21.4. The number of pyridine rings is 1. The SMILES string of the molecule is Cc1c(C)c2ccc(NC(=O)CCCN3C(=O)c4ccccc4C3=O)cc2[nH]c1=O. The van der Waals surface area contributed by atoms with Gasteiger partial charge in [0.25, 0.3) is 17.4 Å². The maximum absolute atomic E-state index is 12.4. The van der Waals surface area contributed by atoms with E-state index in [2.05, 4.69) is 10.3 Å². The molecule has 2 N–H and O–H groups in total. The summed E-state index contributed by atoms with van der Waals surface area (Å²) in [4.78, 5) is 53.0. The molecule has 7 nitrogen and oxygen atoms in total. The Bertz CT molecular complexity index is 1220. The third-order valence-electron chi connectivity index (χ3n) is 5.52. The molecule has 3 aromatic rings. The van der Waals surface area contributed by atoms with Gasteiger partial charge < -0.3 is 10.3 Å². The lowest BCUT2D eigenvalue weighted by Crippen LogP contribution is -2.31. The first-order valence-electron chi connectivity index (χ1n) is 9.75. The van der Waals surface area contributed by atoms with Crippen molar-refractivity contribution < 1.29 is 14.4 Å². The number of benzene rings is 2. The molecule has 0 fully saturated rings. The molecule has 0 saturated carbocycles. The largest absolute Gasteiger partial charge is 0.326 e. The fourth-order valence-electron chi connectivity index (χ4n) is 3.70. The fraction of sp³-hybridized carbons (Fsp3) is 0.217. The van der Waals surface area contributed by atoms with E-state index in [0.717, 1.165) is 10.9 Å². The molecule has 4 rings (SSSR count). The first-order chi connectivity index (χ1) is 14.4. The van der Waals surface area contributed by atoms with Crippen LogP contribution in [0.25, 0.3) is 10.9 Å². The first-order valence-corrected chi connectivity index (χ1v) is 9.75. The molecule has 1 aliphatic rings. The van der Waals surface area contributed by atoms with E-state index in [4.69, 9.17) is 0 Å². The van der Waals surface area contributed by atoms with Gasteiger partial charge in [-0.15, -0.1) is 0 Å². The number of fused-ring (bicyclic) bond motifs is 2. The van der Waals surface area contributed by atoms with Gasteiger partial charge in [0, 0.05) is 29.6 Å². The molecule has 0 aliphatic carbocycles. The summed E-state index contributed by atoms with van der Waals surface area (Å²) in [6.07, 6.45) is 0.523. The van der Waals surface area contributed by atoms with Crippen molar-refractivity contribution in [1.82, 2.24) is 9.88 Å². The van der Waals surface area contributed by atoms with Gasteiger partial charge in [-0.25, -0.2) is 0 Å². The molecule has 0 atom stereocenters. The number of hydrogen-bond donors (Lipinski definition) is 2. The van der Waals surface area contributed by atoms with Crippen LogP contribution in [-0.2, 0) is 4.79 Å². The lowest BCUT2D eigenvalue weighted by atomic mass is 10.1. The molecule has 2 heterocycles. The third-order valence-corrected chi connectivity index (χ3v) is 5.52. The Balaban J connectivity index is 1.38. The molecule has 3 amide bonds. The van der Waals surface area contributed by atoms with E-state index < -0.39 is 0 Å². The van der Waals surface area contributed by atoms with E-state index in [9.17, 15) is 19.2 Å². The van der Waals surface area contributed by atoms with E-state index in [0.29, 0.717) is 34.3 Å². The van der Waals surface area contributed by atoms with Crippen molar-refractivity contribution in [2.45, 2.75) is 26.7 Å². The Morgan fingerprint density at radius 2 is 1.63 bits per heavy atom. The topological polar surface area (TPSA) is 99.3 Å². The lowest BCUT2D eigenvalue weighted by Gasteiger charge is -2.13. The van der Waals surface area contributed by atoms with Crippen LogP contribution < -0.4 is 10.9 Å². The van der Waals surface area contributed by atoms with Crippen LogP contribution in [0.1, 0.15) is 44.7 Å². The summed E-state index contributed by atoms with van der Waals surface area (Å²) in [6, 6.07) is 12.1. The molecule has 0 spiro atoms. The number of carbonyl (C=O) groups excluding carboxylic acids is 3. The van der Waals surface area contributed by atoms with E-state index in [1.165, 1.54) is 4.90 Å². The predicted molar refractivity (Wildman–Crippen MR) is 114 cm³/mol. The average molecular weight is 403 g/mol. The van der Waals surface area contributed by atoms with Gasteiger partial charge in [-0.1, -0.05) is 18.2 Å². The quantitative estimate of drug-likeness (QED) is 0.639. The van der Waals surface area contributed by atoms with Crippen LogP contribution in [0.4, 0.5) is 5.69 Å². The monoisotopic (exact) mass is 403 g/mol. The Hall–Kier alpha value is -3.74. The highest BCUT2D eigenvalue weighted by atomic mass is 16.2. The van der Waals surface area contributed by atoms with Gasteiger partial charge in [0.15, 0.2) is 0 Å². The van der Waals surface area contributed by atoms with Crippen molar-refractivity contribution >= 4 is 34.3 Å². The van der Waals surface area contributed by atoms with Gasteiger partial charge in [0.2, 0.25) is 5.91 Å². The normalized spacial score (nSPS) is 13.1. The molecule has 1 aromatic heterocycles. The van der Waals surface area contributed by atoms with Crippen LogP contribution in [0, 0.1) is 13.8 Å². The lowest BCUT2D eigenvalue weighted by molar-refractivity contribution is -0.116. The van der Waals surface area contributed by atoms with Crippen LogP contribution in [0.15, 0.2) is 47.3 Å². The number of anilines is 1. The summed E-state index contributed by atoms with van der Waals surface area (Å²) in [5.74, 6) is -0.863. The Kier molecular flexibility index (Phi) is 4.95. The summed E-state index contributed by atoms with van der Waals surface area (Å²) in [7, 11) is 0. The van der Waals surface area contributed by atoms with Crippen LogP contribution >= 0.6 is 0 Å². The van der Waals surface area contributed by atoms with E-state index >= 15 is 0 Å². The minimum atomic E-state index is -0.319. The number of imide groups is 1. The second-order valence-corrected chi connectivity index (χ2v) is 7.42. The summed E-state index contributed by atoms with van der Waals surface area (Å²) >= 11 is 0. The Labute approximate surface area is 172 Å². The number of carbonyl (C=O) groups is 3.